The van der Waals surface area contributed by atoms with E-state index in [9.17, 15) is 0 Å². The quantitative estimate of drug-likeness (QED) is 0.356. The van der Waals surface area contributed by atoms with Crippen LogP contribution in [0, 0.1) is 0 Å². The van der Waals surface area contributed by atoms with Gasteiger partial charge in [0, 0.05) is 28.6 Å². The molecule has 0 spiro atoms. The molecule has 0 fully saturated rings. The van der Waals surface area contributed by atoms with Crippen molar-refractivity contribution in [3.05, 3.63) is 65.1 Å². The molecule has 0 bridgehead atoms. The number of fused-ring (bicyclic) bond motifs is 5. The molecule has 0 amide bonds. The van der Waals surface area contributed by atoms with Crippen molar-refractivity contribution in [2.24, 2.45) is 0 Å². The van der Waals surface area contributed by atoms with Crippen molar-refractivity contribution in [1.82, 2.24) is 0 Å². The largest absolute Gasteiger partial charge is 0.372 e. The summed E-state index contributed by atoms with van der Waals surface area (Å²) >= 11 is 3.77. The van der Waals surface area contributed by atoms with Gasteiger partial charge in [0.25, 0.3) is 0 Å². The van der Waals surface area contributed by atoms with E-state index in [-0.39, 0.29) is 0 Å². The lowest BCUT2D eigenvalue weighted by Crippen LogP contribution is -2.22. The Morgan fingerprint density at radius 2 is 1.17 bits per heavy atom. The molecule has 0 aromatic heterocycles. The molecule has 4 rings (SSSR count). The zero-order valence-corrected chi connectivity index (χ0v) is 15.6. The van der Waals surface area contributed by atoms with Crippen molar-refractivity contribution in [2.75, 3.05) is 18.0 Å². The predicted molar refractivity (Wildman–Crippen MR) is 110 cm³/mol. The first-order valence-corrected chi connectivity index (χ1v) is 9.31. The Bertz CT molecular complexity index is 1050. The molecule has 0 aliphatic rings. The Hall–Kier alpha value is -2.06. The fourth-order valence-electron chi connectivity index (χ4n) is 3.71. The van der Waals surface area contributed by atoms with Crippen LogP contribution in [0.3, 0.4) is 0 Å². The maximum atomic E-state index is 3.77. The van der Waals surface area contributed by atoms with Crippen LogP contribution in [-0.2, 0) is 0 Å². The third kappa shape index (κ3) is 2.29. The van der Waals surface area contributed by atoms with Crippen molar-refractivity contribution in [1.29, 1.82) is 0 Å². The minimum absolute atomic E-state index is 1.01. The SMILES string of the molecule is CCN(CC)c1cc2c3ccccc3c(Br)cc2c2ccccc12. The second-order valence-electron chi connectivity index (χ2n) is 6.11. The van der Waals surface area contributed by atoms with E-state index >= 15 is 0 Å². The molecule has 0 unspecified atom stereocenters. The minimum atomic E-state index is 1.01. The molecule has 0 heterocycles. The Morgan fingerprint density at radius 1 is 0.667 bits per heavy atom. The van der Waals surface area contributed by atoms with Crippen LogP contribution in [0.5, 0.6) is 0 Å². The van der Waals surface area contributed by atoms with Gasteiger partial charge in [-0.15, -0.1) is 0 Å². The number of halogens is 1. The molecule has 0 saturated carbocycles. The number of nitrogens with zero attached hydrogens (tertiary/aromatic N) is 1. The van der Waals surface area contributed by atoms with Crippen LogP contribution < -0.4 is 4.90 Å². The zero-order valence-electron chi connectivity index (χ0n) is 14.0. The number of hydrogen-bond acceptors (Lipinski definition) is 1. The van der Waals surface area contributed by atoms with Gasteiger partial charge in [0.05, 0.1) is 0 Å². The lowest BCUT2D eigenvalue weighted by Gasteiger charge is -2.24. The number of anilines is 1. The summed E-state index contributed by atoms with van der Waals surface area (Å²) in [5.41, 5.74) is 1.33. The third-order valence-electron chi connectivity index (χ3n) is 4.91. The van der Waals surface area contributed by atoms with E-state index in [1.165, 1.54) is 38.0 Å². The highest BCUT2D eigenvalue weighted by atomic mass is 79.9. The molecule has 120 valence electrons. The first-order chi connectivity index (χ1) is 11.7. The molecule has 0 aliphatic heterocycles. The van der Waals surface area contributed by atoms with E-state index in [0.29, 0.717) is 0 Å². The summed E-state index contributed by atoms with van der Waals surface area (Å²) in [5.74, 6) is 0. The van der Waals surface area contributed by atoms with Crippen LogP contribution in [0.2, 0.25) is 0 Å². The molecule has 0 atom stereocenters. The maximum absolute atomic E-state index is 3.77. The second-order valence-corrected chi connectivity index (χ2v) is 6.97. The molecule has 0 saturated heterocycles. The van der Waals surface area contributed by atoms with Crippen LogP contribution in [0.4, 0.5) is 5.69 Å². The van der Waals surface area contributed by atoms with Gasteiger partial charge in [-0.1, -0.05) is 64.5 Å². The predicted octanol–water partition coefficient (Wildman–Crippen LogP) is 6.75. The standard InChI is InChI=1S/C22H20BrN/c1-3-24(4-2)22-14-20-15-9-5-7-11-17(15)21(23)13-19(20)16-10-6-8-12-18(16)22/h5-14H,3-4H2,1-2H3. The molecule has 0 N–H and O–H groups in total. The van der Waals surface area contributed by atoms with Gasteiger partial charge in [-0.2, -0.15) is 0 Å². The van der Waals surface area contributed by atoms with Gasteiger partial charge in [0.15, 0.2) is 0 Å². The van der Waals surface area contributed by atoms with E-state index in [0.717, 1.165) is 17.6 Å². The van der Waals surface area contributed by atoms with Crippen LogP contribution in [0.15, 0.2) is 65.1 Å². The van der Waals surface area contributed by atoms with Gasteiger partial charge in [-0.05, 0) is 52.9 Å². The summed E-state index contributed by atoms with van der Waals surface area (Å²) in [6.07, 6.45) is 0. The van der Waals surface area contributed by atoms with Gasteiger partial charge < -0.3 is 4.90 Å². The molecular weight excluding hydrogens is 358 g/mol. The molecule has 24 heavy (non-hydrogen) atoms. The highest BCUT2D eigenvalue weighted by molar-refractivity contribution is 9.10. The fourth-order valence-corrected chi connectivity index (χ4v) is 4.29. The van der Waals surface area contributed by atoms with Gasteiger partial charge >= 0.3 is 0 Å². The van der Waals surface area contributed by atoms with Gasteiger partial charge in [-0.3, -0.25) is 0 Å². The molecule has 4 aromatic carbocycles. The fraction of sp³-hybridized carbons (Fsp3) is 0.182. The van der Waals surface area contributed by atoms with Crippen molar-refractivity contribution in [3.63, 3.8) is 0 Å². The van der Waals surface area contributed by atoms with E-state index < -0.39 is 0 Å². The summed E-state index contributed by atoms with van der Waals surface area (Å²) in [6, 6.07) is 22.0. The van der Waals surface area contributed by atoms with Crippen molar-refractivity contribution in [2.45, 2.75) is 13.8 Å². The average Bonchev–Trinajstić information content (AvgIpc) is 2.64. The Labute approximate surface area is 151 Å². The second kappa shape index (κ2) is 6.10. The third-order valence-corrected chi connectivity index (χ3v) is 5.57. The highest BCUT2D eigenvalue weighted by Gasteiger charge is 2.13. The van der Waals surface area contributed by atoms with Crippen LogP contribution in [0.25, 0.3) is 32.3 Å². The number of benzene rings is 4. The smallest absolute Gasteiger partial charge is 0.0452 e. The molecule has 0 aliphatic carbocycles. The zero-order chi connectivity index (χ0) is 16.7. The Balaban J connectivity index is 2.24. The maximum Gasteiger partial charge on any atom is 0.0452 e. The molecular formula is C22H20BrN. The lowest BCUT2D eigenvalue weighted by molar-refractivity contribution is 0.871. The van der Waals surface area contributed by atoms with Crippen LogP contribution in [0.1, 0.15) is 13.8 Å². The first-order valence-electron chi connectivity index (χ1n) is 8.52. The lowest BCUT2D eigenvalue weighted by atomic mass is 9.95. The number of hydrogen-bond donors (Lipinski definition) is 0. The molecule has 2 heteroatoms. The van der Waals surface area contributed by atoms with Crippen molar-refractivity contribution in [3.8, 4) is 0 Å². The summed E-state index contributed by atoms with van der Waals surface area (Å²) in [7, 11) is 0. The Morgan fingerprint density at radius 3 is 1.79 bits per heavy atom. The van der Waals surface area contributed by atoms with E-state index in [1.807, 2.05) is 0 Å². The van der Waals surface area contributed by atoms with E-state index in [4.69, 9.17) is 0 Å². The van der Waals surface area contributed by atoms with E-state index in [2.05, 4.69) is 95.3 Å². The molecule has 0 radical (unpaired) electrons. The van der Waals surface area contributed by atoms with Gasteiger partial charge in [-0.25, -0.2) is 0 Å². The normalized spacial score (nSPS) is 11.5. The number of rotatable bonds is 3. The highest BCUT2D eigenvalue weighted by Crippen LogP contribution is 2.39. The minimum Gasteiger partial charge on any atom is -0.372 e. The summed E-state index contributed by atoms with van der Waals surface area (Å²) in [6.45, 7) is 6.48. The monoisotopic (exact) mass is 377 g/mol. The van der Waals surface area contributed by atoms with Gasteiger partial charge in [0.2, 0.25) is 0 Å². The molecule has 1 nitrogen and oxygen atoms in total. The van der Waals surface area contributed by atoms with Crippen molar-refractivity contribution >= 4 is 53.9 Å². The topological polar surface area (TPSA) is 3.24 Å². The summed E-state index contributed by atoms with van der Waals surface area (Å²) in [4.78, 5) is 2.44. The van der Waals surface area contributed by atoms with Crippen molar-refractivity contribution < 1.29 is 0 Å². The molecule has 4 aromatic rings. The first kappa shape index (κ1) is 15.5. The Kier molecular flexibility index (Phi) is 3.93. The average molecular weight is 378 g/mol. The van der Waals surface area contributed by atoms with Gasteiger partial charge in [0.1, 0.15) is 0 Å². The summed E-state index contributed by atoms with van der Waals surface area (Å²) < 4.78 is 1.16. The van der Waals surface area contributed by atoms with E-state index in [1.54, 1.807) is 0 Å². The van der Waals surface area contributed by atoms with Crippen LogP contribution >= 0.6 is 15.9 Å². The van der Waals surface area contributed by atoms with Crippen LogP contribution in [-0.4, -0.2) is 13.1 Å². The summed E-state index contributed by atoms with van der Waals surface area (Å²) in [5, 5.41) is 7.87.